The third-order valence-electron chi connectivity index (χ3n) is 2.10. The van der Waals surface area contributed by atoms with E-state index >= 15 is 0 Å². The van der Waals surface area contributed by atoms with E-state index in [0.717, 1.165) is 18.9 Å². The third kappa shape index (κ3) is 3.51. The highest BCUT2D eigenvalue weighted by molar-refractivity contribution is 5.93. The Morgan fingerprint density at radius 2 is 2.12 bits per heavy atom. The van der Waals surface area contributed by atoms with Crippen LogP contribution in [0.4, 0.5) is 5.82 Å². The number of carbonyl (C=O) groups excluding carboxylic acids is 1. The molecular weight excluding hydrogens is 204 g/mol. The average molecular weight is 222 g/mol. The number of carbonyl (C=O) groups is 1. The van der Waals surface area contributed by atoms with Crippen molar-refractivity contribution in [3.05, 3.63) is 23.9 Å². The van der Waals surface area contributed by atoms with Gasteiger partial charge in [0.15, 0.2) is 0 Å². The average Bonchev–Trinajstić information content (AvgIpc) is 2.29. The molecule has 88 valence electrons. The Labute approximate surface area is 95.9 Å². The van der Waals surface area contributed by atoms with Gasteiger partial charge in [-0.05, 0) is 19.2 Å². The lowest BCUT2D eigenvalue weighted by Crippen LogP contribution is -2.22. The third-order valence-corrected chi connectivity index (χ3v) is 2.10. The van der Waals surface area contributed by atoms with Crippen molar-refractivity contribution < 1.29 is 4.79 Å². The van der Waals surface area contributed by atoms with Crippen molar-refractivity contribution in [2.45, 2.75) is 0 Å². The maximum Gasteiger partial charge on any atom is 0.254 e. The molecule has 0 aromatic carbocycles. The molecule has 5 heteroatoms. The molecule has 0 unspecified atom stereocenters. The van der Waals surface area contributed by atoms with Gasteiger partial charge in [0.1, 0.15) is 5.82 Å². The molecule has 1 aromatic rings. The summed E-state index contributed by atoms with van der Waals surface area (Å²) in [6.45, 7) is 1.69. The first kappa shape index (κ1) is 12.4. The number of aromatic nitrogens is 1. The molecule has 1 heterocycles. The monoisotopic (exact) mass is 222 g/mol. The van der Waals surface area contributed by atoms with Gasteiger partial charge in [-0.25, -0.2) is 4.98 Å². The molecule has 0 atom stereocenters. The minimum atomic E-state index is -0.0331. The van der Waals surface area contributed by atoms with Crippen LogP contribution in [0.1, 0.15) is 10.4 Å². The summed E-state index contributed by atoms with van der Waals surface area (Å²) < 4.78 is 0. The number of hydrogen-bond donors (Lipinski definition) is 2. The molecule has 0 radical (unpaired) electrons. The summed E-state index contributed by atoms with van der Waals surface area (Å²) >= 11 is 0. The van der Waals surface area contributed by atoms with E-state index in [4.69, 9.17) is 0 Å². The Morgan fingerprint density at radius 3 is 2.62 bits per heavy atom. The van der Waals surface area contributed by atoms with E-state index in [0.29, 0.717) is 5.56 Å². The second kappa shape index (κ2) is 6.07. The number of anilines is 1. The second-order valence-corrected chi connectivity index (χ2v) is 3.66. The standard InChI is InChI=1S/C11H18N4O/c1-12-6-7-13-10-5-4-9(8-14-10)11(16)15(2)3/h4-5,8,12H,6-7H2,1-3H3,(H,13,14). The Bertz CT molecular complexity index is 334. The van der Waals surface area contributed by atoms with Crippen molar-refractivity contribution in [1.82, 2.24) is 15.2 Å². The summed E-state index contributed by atoms with van der Waals surface area (Å²) in [4.78, 5) is 17.3. The summed E-state index contributed by atoms with van der Waals surface area (Å²) in [6, 6.07) is 3.59. The van der Waals surface area contributed by atoms with Crippen LogP contribution in [0.25, 0.3) is 0 Å². The lowest BCUT2D eigenvalue weighted by molar-refractivity contribution is 0.0827. The molecule has 1 aromatic heterocycles. The molecular formula is C11H18N4O. The Balaban J connectivity index is 2.57. The summed E-state index contributed by atoms with van der Waals surface area (Å²) in [5.74, 6) is 0.750. The van der Waals surface area contributed by atoms with Gasteiger partial charge in [-0.15, -0.1) is 0 Å². The molecule has 5 nitrogen and oxygen atoms in total. The Hall–Kier alpha value is -1.62. The van der Waals surface area contributed by atoms with Crippen LogP contribution in [0.3, 0.4) is 0 Å². The second-order valence-electron chi connectivity index (χ2n) is 3.66. The zero-order valence-electron chi connectivity index (χ0n) is 9.95. The number of nitrogens with one attached hydrogen (secondary N) is 2. The van der Waals surface area contributed by atoms with Crippen LogP contribution in [0, 0.1) is 0 Å². The number of pyridine rings is 1. The first-order valence-electron chi connectivity index (χ1n) is 5.21. The zero-order chi connectivity index (χ0) is 12.0. The molecule has 0 aliphatic heterocycles. The van der Waals surface area contributed by atoms with Crippen molar-refractivity contribution in [1.29, 1.82) is 0 Å². The fraction of sp³-hybridized carbons (Fsp3) is 0.455. The van der Waals surface area contributed by atoms with E-state index in [1.54, 1.807) is 26.4 Å². The highest BCUT2D eigenvalue weighted by atomic mass is 16.2. The smallest absolute Gasteiger partial charge is 0.254 e. The van der Waals surface area contributed by atoms with Crippen LogP contribution in [0.15, 0.2) is 18.3 Å². The van der Waals surface area contributed by atoms with Gasteiger partial charge in [-0.2, -0.15) is 0 Å². The topological polar surface area (TPSA) is 57.3 Å². The van der Waals surface area contributed by atoms with E-state index in [-0.39, 0.29) is 5.91 Å². The molecule has 2 N–H and O–H groups in total. The lowest BCUT2D eigenvalue weighted by atomic mass is 10.2. The van der Waals surface area contributed by atoms with Gasteiger partial charge in [0.2, 0.25) is 0 Å². The van der Waals surface area contributed by atoms with Crippen molar-refractivity contribution in [2.75, 3.05) is 39.5 Å². The Kier molecular flexibility index (Phi) is 4.72. The van der Waals surface area contributed by atoms with Gasteiger partial charge >= 0.3 is 0 Å². The van der Waals surface area contributed by atoms with Gasteiger partial charge in [0.25, 0.3) is 5.91 Å². The van der Waals surface area contributed by atoms with Gasteiger partial charge in [-0.1, -0.05) is 0 Å². The SMILES string of the molecule is CNCCNc1ccc(C(=O)N(C)C)cn1. The van der Waals surface area contributed by atoms with E-state index in [9.17, 15) is 4.79 Å². The fourth-order valence-electron chi connectivity index (χ4n) is 1.20. The minimum Gasteiger partial charge on any atom is -0.369 e. The van der Waals surface area contributed by atoms with Crippen LogP contribution in [0.2, 0.25) is 0 Å². The largest absolute Gasteiger partial charge is 0.369 e. The number of hydrogen-bond acceptors (Lipinski definition) is 4. The number of likely N-dealkylation sites (N-methyl/N-ethyl adjacent to an activating group) is 1. The predicted molar refractivity (Wildman–Crippen MR) is 64.7 cm³/mol. The quantitative estimate of drug-likeness (QED) is 0.709. The number of rotatable bonds is 5. The number of nitrogens with zero attached hydrogens (tertiary/aromatic N) is 2. The summed E-state index contributed by atoms with van der Waals surface area (Å²) in [5.41, 5.74) is 0.601. The first-order valence-corrected chi connectivity index (χ1v) is 5.21. The van der Waals surface area contributed by atoms with Crippen LogP contribution < -0.4 is 10.6 Å². The minimum absolute atomic E-state index is 0.0331. The molecule has 0 bridgehead atoms. The molecule has 1 amide bonds. The molecule has 0 spiro atoms. The molecule has 0 aliphatic rings. The number of amides is 1. The lowest BCUT2D eigenvalue weighted by Gasteiger charge is -2.10. The molecule has 0 fully saturated rings. The van der Waals surface area contributed by atoms with Crippen molar-refractivity contribution in [3.63, 3.8) is 0 Å². The van der Waals surface area contributed by atoms with E-state index in [2.05, 4.69) is 15.6 Å². The zero-order valence-corrected chi connectivity index (χ0v) is 9.95. The maximum absolute atomic E-state index is 11.6. The van der Waals surface area contributed by atoms with E-state index in [1.807, 2.05) is 13.1 Å². The molecule has 0 saturated heterocycles. The van der Waals surface area contributed by atoms with E-state index in [1.165, 1.54) is 4.90 Å². The summed E-state index contributed by atoms with van der Waals surface area (Å²) in [6.07, 6.45) is 1.59. The van der Waals surface area contributed by atoms with Gasteiger partial charge in [-0.3, -0.25) is 4.79 Å². The van der Waals surface area contributed by atoms with Gasteiger partial charge in [0.05, 0.1) is 5.56 Å². The maximum atomic E-state index is 11.6. The fourth-order valence-corrected chi connectivity index (χ4v) is 1.20. The van der Waals surface area contributed by atoms with Gasteiger partial charge in [0, 0.05) is 33.4 Å². The van der Waals surface area contributed by atoms with Crippen molar-refractivity contribution >= 4 is 11.7 Å². The van der Waals surface area contributed by atoms with Crippen molar-refractivity contribution in [3.8, 4) is 0 Å². The van der Waals surface area contributed by atoms with Crippen LogP contribution >= 0.6 is 0 Å². The normalized spacial score (nSPS) is 9.94. The first-order chi connectivity index (χ1) is 7.65. The van der Waals surface area contributed by atoms with Crippen LogP contribution in [-0.2, 0) is 0 Å². The highest BCUT2D eigenvalue weighted by Crippen LogP contribution is 2.06. The molecule has 0 aliphatic carbocycles. The van der Waals surface area contributed by atoms with Crippen LogP contribution in [0.5, 0.6) is 0 Å². The van der Waals surface area contributed by atoms with E-state index < -0.39 is 0 Å². The molecule has 1 rings (SSSR count). The highest BCUT2D eigenvalue weighted by Gasteiger charge is 2.07. The van der Waals surface area contributed by atoms with Gasteiger partial charge < -0.3 is 15.5 Å². The van der Waals surface area contributed by atoms with Crippen LogP contribution in [-0.4, -0.2) is 50.0 Å². The Morgan fingerprint density at radius 1 is 1.38 bits per heavy atom. The summed E-state index contributed by atoms with van der Waals surface area (Å²) in [7, 11) is 5.34. The molecule has 16 heavy (non-hydrogen) atoms. The molecule has 0 saturated carbocycles. The van der Waals surface area contributed by atoms with Crippen molar-refractivity contribution in [2.24, 2.45) is 0 Å². The summed E-state index contributed by atoms with van der Waals surface area (Å²) in [5, 5.41) is 6.17. The predicted octanol–water partition coefficient (Wildman–Crippen LogP) is 0.415.